The minimum atomic E-state index is 0.472. The van der Waals surface area contributed by atoms with Crippen LogP contribution in [0, 0.1) is 11.3 Å². The van der Waals surface area contributed by atoms with Gasteiger partial charge in [0.1, 0.15) is 12.4 Å². The molecule has 0 unspecified atom stereocenters. The standard InChI is InChI=1S/C21H22N8O/c1-3-5-17-18(24-14-28-21(17)26-19(27-28)8-11-30-2)12-16-7-10-25-29(16)20-15(13-22)6-4-9-23-20/h4,6-7,9-10,14H,3,5,8,11-12H2,1-2H3. The molecule has 0 atom stereocenters. The maximum Gasteiger partial charge on any atom is 0.171 e. The molecule has 0 aliphatic heterocycles. The Morgan fingerprint density at radius 2 is 2.07 bits per heavy atom. The third kappa shape index (κ3) is 3.77. The lowest BCUT2D eigenvalue weighted by atomic mass is 10.1. The quantitative estimate of drug-likeness (QED) is 0.445. The van der Waals surface area contributed by atoms with Gasteiger partial charge in [-0.2, -0.15) is 10.4 Å². The highest BCUT2D eigenvalue weighted by molar-refractivity contribution is 5.50. The zero-order valence-corrected chi connectivity index (χ0v) is 17.0. The number of fused-ring (bicyclic) bond motifs is 1. The molecule has 4 aromatic heterocycles. The zero-order valence-electron chi connectivity index (χ0n) is 17.0. The van der Waals surface area contributed by atoms with Gasteiger partial charge >= 0.3 is 0 Å². The molecule has 0 radical (unpaired) electrons. The van der Waals surface area contributed by atoms with Gasteiger partial charge in [0.15, 0.2) is 17.3 Å². The summed E-state index contributed by atoms with van der Waals surface area (Å²) in [6.45, 7) is 2.71. The van der Waals surface area contributed by atoms with Crippen molar-refractivity contribution in [3.8, 4) is 11.9 Å². The Balaban J connectivity index is 1.74. The first-order chi connectivity index (χ1) is 14.7. The summed E-state index contributed by atoms with van der Waals surface area (Å²) in [6, 6.07) is 7.58. The van der Waals surface area contributed by atoms with Gasteiger partial charge in [0.05, 0.1) is 23.6 Å². The van der Waals surface area contributed by atoms with Crippen molar-refractivity contribution in [2.24, 2.45) is 0 Å². The third-order valence-corrected chi connectivity index (χ3v) is 4.82. The molecule has 0 N–H and O–H groups in total. The fraction of sp³-hybridized carbons (Fsp3) is 0.333. The van der Waals surface area contributed by atoms with Crippen LogP contribution in [-0.2, 0) is 24.0 Å². The van der Waals surface area contributed by atoms with Gasteiger partial charge in [0.25, 0.3) is 0 Å². The van der Waals surface area contributed by atoms with E-state index >= 15 is 0 Å². The van der Waals surface area contributed by atoms with Gasteiger partial charge in [-0.1, -0.05) is 13.3 Å². The summed E-state index contributed by atoms with van der Waals surface area (Å²) in [5.41, 5.74) is 4.20. The molecule has 0 aliphatic carbocycles. The van der Waals surface area contributed by atoms with E-state index in [4.69, 9.17) is 9.72 Å². The van der Waals surface area contributed by atoms with Gasteiger partial charge < -0.3 is 4.74 Å². The van der Waals surface area contributed by atoms with Crippen molar-refractivity contribution in [2.75, 3.05) is 13.7 Å². The second kappa shape index (κ2) is 8.80. The Morgan fingerprint density at radius 1 is 1.17 bits per heavy atom. The van der Waals surface area contributed by atoms with Crippen molar-refractivity contribution >= 4 is 5.65 Å². The van der Waals surface area contributed by atoms with Crippen molar-refractivity contribution in [3.05, 3.63) is 65.3 Å². The van der Waals surface area contributed by atoms with Crippen molar-refractivity contribution in [1.82, 2.24) is 34.3 Å². The van der Waals surface area contributed by atoms with Gasteiger partial charge in [-0.15, -0.1) is 5.10 Å². The van der Waals surface area contributed by atoms with Crippen LogP contribution in [0.1, 0.15) is 41.7 Å². The monoisotopic (exact) mass is 402 g/mol. The van der Waals surface area contributed by atoms with E-state index in [1.165, 1.54) is 0 Å². The normalized spacial score (nSPS) is 11.1. The largest absolute Gasteiger partial charge is 0.384 e. The molecule has 0 fully saturated rings. The summed E-state index contributed by atoms with van der Waals surface area (Å²) in [7, 11) is 1.67. The van der Waals surface area contributed by atoms with Crippen LogP contribution in [0.15, 0.2) is 36.9 Å². The number of rotatable bonds is 8. The molecule has 0 saturated heterocycles. The van der Waals surface area contributed by atoms with E-state index < -0.39 is 0 Å². The first-order valence-corrected chi connectivity index (χ1v) is 9.84. The first-order valence-electron chi connectivity index (χ1n) is 9.84. The maximum absolute atomic E-state index is 9.42. The minimum absolute atomic E-state index is 0.472. The van der Waals surface area contributed by atoms with Crippen LogP contribution in [0.25, 0.3) is 11.5 Å². The SMILES string of the molecule is CCCc1c(Cc2ccnn2-c2ncccc2C#N)ncn2nc(CCOC)nc12. The van der Waals surface area contributed by atoms with Gasteiger partial charge in [0, 0.05) is 37.9 Å². The zero-order chi connectivity index (χ0) is 20.9. The molecule has 9 nitrogen and oxygen atoms in total. The molecule has 0 aliphatic rings. The summed E-state index contributed by atoms with van der Waals surface area (Å²) in [6.07, 6.45) is 8.09. The van der Waals surface area contributed by atoms with Crippen LogP contribution in [0.5, 0.6) is 0 Å². The van der Waals surface area contributed by atoms with E-state index in [1.807, 2.05) is 6.07 Å². The van der Waals surface area contributed by atoms with Gasteiger partial charge in [0.2, 0.25) is 0 Å². The Labute approximate surface area is 174 Å². The maximum atomic E-state index is 9.42. The number of hydrogen-bond acceptors (Lipinski definition) is 7. The van der Waals surface area contributed by atoms with E-state index in [1.54, 1.807) is 47.2 Å². The molecule has 0 saturated carbocycles. The van der Waals surface area contributed by atoms with Crippen LogP contribution in [-0.4, -0.2) is 48.1 Å². The molecular formula is C21H22N8O. The van der Waals surface area contributed by atoms with E-state index in [9.17, 15) is 5.26 Å². The molecule has 0 bridgehead atoms. The first kappa shape index (κ1) is 19.7. The fourth-order valence-electron chi connectivity index (χ4n) is 3.42. The molecule has 30 heavy (non-hydrogen) atoms. The summed E-state index contributed by atoms with van der Waals surface area (Å²) in [5.74, 6) is 1.26. The van der Waals surface area contributed by atoms with Crippen LogP contribution in [0.3, 0.4) is 0 Å². The lowest BCUT2D eigenvalue weighted by Gasteiger charge is -2.11. The number of nitriles is 1. The van der Waals surface area contributed by atoms with Crippen molar-refractivity contribution in [1.29, 1.82) is 5.26 Å². The third-order valence-electron chi connectivity index (χ3n) is 4.82. The average Bonchev–Trinajstić information content (AvgIpc) is 3.40. The highest BCUT2D eigenvalue weighted by atomic mass is 16.5. The molecule has 9 heteroatoms. The number of aryl methyl sites for hydroxylation is 1. The lowest BCUT2D eigenvalue weighted by Crippen LogP contribution is -2.10. The molecule has 4 rings (SSSR count). The van der Waals surface area contributed by atoms with Crippen molar-refractivity contribution < 1.29 is 4.74 Å². The van der Waals surface area contributed by atoms with E-state index in [0.29, 0.717) is 30.8 Å². The average molecular weight is 402 g/mol. The fourth-order valence-corrected chi connectivity index (χ4v) is 3.42. The molecular weight excluding hydrogens is 380 g/mol. The van der Waals surface area contributed by atoms with Crippen LogP contribution in [0.4, 0.5) is 0 Å². The number of hydrogen-bond donors (Lipinski definition) is 0. The smallest absolute Gasteiger partial charge is 0.171 e. The minimum Gasteiger partial charge on any atom is -0.384 e. The summed E-state index contributed by atoms with van der Waals surface area (Å²) < 4.78 is 8.59. The van der Waals surface area contributed by atoms with Gasteiger partial charge in [-0.25, -0.2) is 24.1 Å². The second-order valence-electron chi connectivity index (χ2n) is 6.86. The van der Waals surface area contributed by atoms with Crippen LogP contribution < -0.4 is 0 Å². The molecule has 4 heterocycles. The number of ether oxygens (including phenoxy) is 1. The highest BCUT2D eigenvalue weighted by Gasteiger charge is 2.17. The molecule has 0 amide bonds. The number of methoxy groups -OCH3 is 1. The van der Waals surface area contributed by atoms with Gasteiger partial charge in [-0.05, 0) is 24.6 Å². The summed E-state index contributed by atoms with van der Waals surface area (Å²) in [5, 5.41) is 18.3. The molecule has 0 aromatic carbocycles. The van der Waals surface area contributed by atoms with Gasteiger partial charge in [-0.3, -0.25) is 0 Å². The Kier molecular flexibility index (Phi) is 5.77. The van der Waals surface area contributed by atoms with E-state index in [0.717, 1.165) is 41.3 Å². The highest BCUT2D eigenvalue weighted by Crippen LogP contribution is 2.20. The molecule has 4 aromatic rings. The van der Waals surface area contributed by atoms with Crippen molar-refractivity contribution in [2.45, 2.75) is 32.6 Å². The number of pyridine rings is 1. The molecule has 152 valence electrons. The lowest BCUT2D eigenvalue weighted by molar-refractivity contribution is 0.200. The number of aromatic nitrogens is 7. The van der Waals surface area contributed by atoms with Crippen LogP contribution >= 0.6 is 0 Å². The second-order valence-corrected chi connectivity index (χ2v) is 6.86. The number of nitrogens with zero attached hydrogens (tertiary/aromatic N) is 8. The molecule has 0 spiro atoms. The Hall–Kier alpha value is -3.64. The van der Waals surface area contributed by atoms with Crippen molar-refractivity contribution in [3.63, 3.8) is 0 Å². The Morgan fingerprint density at radius 3 is 2.87 bits per heavy atom. The van der Waals surface area contributed by atoms with E-state index in [2.05, 4.69) is 33.2 Å². The van der Waals surface area contributed by atoms with Crippen LogP contribution in [0.2, 0.25) is 0 Å². The Bertz CT molecular complexity index is 1200. The predicted octanol–water partition coefficient (Wildman–Crippen LogP) is 2.31. The topological polar surface area (TPSA) is 107 Å². The summed E-state index contributed by atoms with van der Waals surface area (Å²) >= 11 is 0. The predicted molar refractivity (Wildman–Crippen MR) is 109 cm³/mol. The summed E-state index contributed by atoms with van der Waals surface area (Å²) in [4.78, 5) is 13.7. The van der Waals surface area contributed by atoms with E-state index in [-0.39, 0.29) is 0 Å².